The molecule has 1 fully saturated rings. The van der Waals surface area contributed by atoms with Crippen molar-refractivity contribution in [3.05, 3.63) is 34.9 Å². The molecule has 1 unspecified atom stereocenters. The van der Waals surface area contributed by atoms with E-state index in [1.54, 1.807) is 0 Å². The van der Waals surface area contributed by atoms with Gasteiger partial charge in [-0.05, 0) is 45.2 Å². The van der Waals surface area contributed by atoms with E-state index >= 15 is 0 Å². The van der Waals surface area contributed by atoms with Crippen LogP contribution in [0.1, 0.15) is 37.0 Å². The third kappa shape index (κ3) is 2.70. The molecular weight excluding hydrogens is 208 g/mol. The van der Waals surface area contributed by atoms with Crippen molar-refractivity contribution in [1.82, 2.24) is 4.90 Å². The molecule has 1 aromatic carbocycles. The van der Waals surface area contributed by atoms with Gasteiger partial charge in [0, 0.05) is 24.7 Å². The standard InChI is InChI=1S/C15H24N2/c1-11-5-6-13(12(2)7-11)9-17-10-14(16)8-15(17,3)4/h5-7,14H,8-10,16H2,1-4H3. The van der Waals surface area contributed by atoms with E-state index in [0.29, 0.717) is 6.04 Å². The minimum Gasteiger partial charge on any atom is -0.326 e. The smallest absolute Gasteiger partial charge is 0.0242 e. The Morgan fingerprint density at radius 1 is 1.35 bits per heavy atom. The highest BCUT2D eigenvalue weighted by Gasteiger charge is 2.36. The first-order valence-corrected chi connectivity index (χ1v) is 6.45. The van der Waals surface area contributed by atoms with Gasteiger partial charge in [-0.2, -0.15) is 0 Å². The number of likely N-dealkylation sites (tertiary alicyclic amines) is 1. The van der Waals surface area contributed by atoms with Gasteiger partial charge in [0.1, 0.15) is 0 Å². The third-order valence-corrected chi connectivity index (χ3v) is 3.93. The monoisotopic (exact) mass is 232 g/mol. The average molecular weight is 232 g/mol. The summed E-state index contributed by atoms with van der Waals surface area (Å²) < 4.78 is 0. The highest BCUT2D eigenvalue weighted by Crippen LogP contribution is 2.29. The summed E-state index contributed by atoms with van der Waals surface area (Å²) in [6.45, 7) is 11.0. The van der Waals surface area contributed by atoms with E-state index in [0.717, 1.165) is 19.5 Å². The molecule has 0 aliphatic carbocycles. The van der Waals surface area contributed by atoms with Crippen LogP contribution in [-0.4, -0.2) is 23.0 Å². The summed E-state index contributed by atoms with van der Waals surface area (Å²) >= 11 is 0. The van der Waals surface area contributed by atoms with E-state index in [-0.39, 0.29) is 5.54 Å². The average Bonchev–Trinajstić information content (AvgIpc) is 2.44. The molecule has 1 aliphatic heterocycles. The summed E-state index contributed by atoms with van der Waals surface area (Å²) in [4.78, 5) is 2.51. The van der Waals surface area contributed by atoms with Crippen molar-refractivity contribution in [1.29, 1.82) is 0 Å². The summed E-state index contributed by atoms with van der Waals surface area (Å²) in [5, 5.41) is 0. The molecule has 0 amide bonds. The fraction of sp³-hybridized carbons (Fsp3) is 0.600. The van der Waals surface area contributed by atoms with Gasteiger partial charge in [0.05, 0.1) is 0 Å². The van der Waals surface area contributed by atoms with Gasteiger partial charge in [0.2, 0.25) is 0 Å². The highest BCUT2D eigenvalue weighted by molar-refractivity contribution is 5.30. The van der Waals surface area contributed by atoms with Crippen molar-refractivity contribution in [3.8, 4) is 0 Å². The van der Waals surface area contributed by atoms with E-state index < -0.39 is 0 Å². The predicted octanol–water partition coefficient (Wildman–Crippen LogP) is 2.62. The second kappa shape index (κ2) is 4.43. The van der Waals surface area contributed by atoms with Crippen LogP contribution in [0.2, 0.25) is 0 Å². The van der Waals surface area contributed by atoms with Crippen molar-refractivity contribution >= 4 is 0 Å². The molecule has 2 heteroatoms. The Balaban J connectivity index is 2.16. The maximum absolute atomic E-state index is 6.07. The molecule has 2 N–H and O–H groups in total. The van der Waals surface area contributed by atoms with Gasteiger partial charge in [0.15, 0.2) is 0 Å². The normalized spacial score (nSPS) is 24.2. The van der Waals surface area contributed by atoms with Crippen molar-refractivity contribution in [3.63, 3.8) is 0 Å². The number of hydrogen-bond acceptors (Lipinski definition) is 2. The third-order valence-electron chi connectivity index (χ3n) is 3.93. The predicted molar refractivity (Wildman–Crippen MR) is 73.0 cm³/mol. The van der Waals surface area contributed by atoms with Crippen LogP contribution in [-0.2, 0) is 6.54 Å². The van der Waals surface area contributed by atoms with E-state index in [4.69, 9.17) is 5.73 Å². The number of aryl methyl sites for hydroxylation is 2. The zero-order chi connectivity index (χ0) is 12.6. The Kier molecular flexibility index (Phi) is 3.28. The molecule has 1 aromatic rings. The Morgan fingerprint density at radius 2 is 2.06 bits per heavy atom. The zero-order valence-electron chi connectivity index (χ0n) is 11.5. The molecule has 0 spiro atoms. The molecule has 1 aliphatic rings. The van der Waals surface area contributed by atoms with E-state index in [9.17, 15) is 0 Å². The summed E-state index contributed by atoms with van der Waals surface area (Å²) in [7, 11) is 0. The van der Waals surface area contributed by atoms with Crippen LogP contribution in [0.5, 0.6) is 0 Å². The molecule has 0 radical (unpaired) electrons. The van der Waals surface area contributed by atoms with Crippen molar-refractivity contribution in [2.75, 3.05) is 6.54 Å². The molecule has 2 rings (SSSR count). The number of rotatable bonds is 2. The first kappa shape index (κ1) is 12.6. The van der Waals surface area contributed by atoms with E-state index in [2.05, 4.69) is 50.8 Å². The topological polar surface area (TPSA) is 29.3 Å². The minimum absolute atomic E-state index is 0.233. The van der Waals surface area contributed by atoms with Gasteiger partial charge in [0.25, 0.3) is 0 Å². The molecule has 94 valence electrons. The van der Waals surface area contributed by atoms with Crippen LogP contribution in [0, 0.1) is 13.8 Å². The maximum Gasteiger partial charge on any atom is 0.0242 e. The summed E-state index contributed by atoms with van der Waals surface area (Å²) in [5.41, 5.74) is 10.5. The Hall–Kier alpha value is -0.860. The van der Waals surface area contributed by atoms with E-state index in [1.807, 2.05) is 0 Å². The summed E-state index contributed by atoms with van der Waals surface area (Å²) in [5.74, 6) is 0. The van der Waals surface area contributed by atoms with Gasteiger partial charge in [-0.1, -0.05) is 23.8 Å². The lowest BCUT2D eigenvalue weighted by molar-refractivity contribution is 0.166. The molecule has 0 bridgehead atoms. The Morgan fingerprint density at radius 3 is 2.59 bits per heavy atom. The first-order chi connectivity index (χ1) is 7.88. The van der Waals surface area contributed by atoms with Crippen molar-refractivity contribution in [2.45, 2.75) is 52.2 Å². The fourth-order valence-electron chi connectivity index (χ4n) is 2.87. The molecule has 1 heterocycles. The van der Waals surface area contributed by atoms with Crippen LogP contribution in [0.4, 0.5) is 0 Å². The van der Waals surface area contributed by atoms with Crippen LogP contribution in [0.25, 0.3) is 0 Å². The lowest BCUT2D eigenvalue weighted by Gasteiger charge is -2.31. The fourth-order valence-corrected chi connectivity index (χ4v) is 2.87. The largest absolute Gasteiger partial charge is 0.326 e. The second-order valence-electron chi connectivity index (χ2n) is 6.09. The number of hydrogen-bond donors (Lipinski definition) is 1. The van der Waals surface area contributed by atoms with Crippen molar-refractivity contribution in [2.24, 2.45) is 5.73 Å². The zero-order valence-corrected chi connectivity index (χ0v) is 11.5. The summed E-state index contributed by atoms with van der Waals surface area (Å²) in [6.07, 6.45) is 1.10. The van der Waals surface area contributed by atoms with Gasteiger partial charge < -0.3 is 5.73 Å². The first-order valence-electron chi connectivity index (χ1n) is 6.45. The molecule has 0 saturated carbocycles. The SMILES string of the molecule is Cc1ccc(CN2CC(N)CC2(C)C)c(C)c1. The van der Waals surface area contributed by atoms with Gasteiger partial charge in [-0.25, -0.2) is 0 Å². The number of nitrogens with zero attached hydrogens (tertiary/aromatic N) is 1. The molecule has 2 nitrogen and oxygen atoms in total. The minimum atomic E-state index is 0.233. The maximum atomic E-state index is 6.07. The Labute approximate surface area is 105 Å². The Bertz CT molecular complexity index is 409. The highest BCUT2D eigenvalue weighted by atomic mass is 15.2. The van der Waals surface area contributed by atoms with Crippen LogP contribution < -0.4 is 5.73 Å². The number of benzene rings is 1. The van der Waals surface area contributed by atoms with Crippen LogP contribution in [0.3, 0.4) is 0 Å². The van der Waals surface area contributed by atoms with Crippen LogP contribution in [0.15, 0.2) is 18.2 Å². The lowest BCUT2D eigenvalue weighted by atomic mass is 9.99. The molecular formula is C15H24N2. The van der Waals surface area contributed by atoms with E-state index in [1.165, 1.54) is 16.7 Å². The molecule has 1 atom stereocenters. The quantitative estimate of drug-likeness (QED) is 0.849. The lowest BCUT2D eigenvalue weighted by Crippen LogP contribution is -2.37. The second-order valence-corrected chi connectivity index (χ2v) is 6.09. The summed E-state index contributed by atoms with van der Waals surface area (Å²) in [6, 6.07) is 7.05. The molecule has 1 saturated heterocycles. The number of nitrogens with two attached hydrogens (primary N) is 1. The van der Waals surface area contributed by atoms with Gasteiger partial charge in [-0.3, -0.25) is 4.90 Å². The van der Waals surface area contributed by atoms with Gasteiger partial charge in [-0.15, -0.1) is 0 Å². The van der Waals surface area contributed by atoms with Gasteiger partial charge >= 0.3 is 0 Å². The van der Waals surface area contributed by atoms with Crippen LogP contribution >= 0.6 is 0 Å². The molecule has 0 aromatic heterocycles. The van der Waals surface area contributed by atoms with Crippen molar-refractivity contribution < 1.29 is 0 Å². The molecule has 17 heavy (non-hydrogen) atoms.